The first-order valence-electron chi connectivity index (χ1n) is 8.45. The van der Waals surface area contributed by atoms with E-state index in [0.29, 0.717) is 17.9 Å². The summed E-state index contributed by atoms with van der Waals surface area (Å²) >= 11 is 1.57. The second kappa shape index (κ2) is 7.91. The van der Waals surface area contributed by atoms with Gasteiger partial charge in [-0.15, -0.1) is 0 Å². The van der Waals surface area contributed by atoms with Crippen LogP contribution in [0.25, 0.3) is 22.4 Å². The number of anilines is 1. The lowest BCUT2D eigenvalue weighted by Gasteiger charge is -2.18. The molecule has 1 aromatic carbocycles. The van der Waals surface area contributed by atoms with E-state index in [0.717, 1.165) is 47.0 Å². The summed E-state index contributed by atoms with van der Waals surface area (Å²) in [6.45, 7) is 1.99. The molecule has 2 heterocycles. The normalized spacial score (nSPS) is 11.1. The van der Waals surface area contributed by atoms with Crippen LogP contribution in [0.2, 0.25) is 0 Å². The van der Waals surface area contributed by atoms with Gasteiger partial charge in [0.2, 0.25) is 5.71 Å². The molecule has 136 valence electrons. The minimum atomic E-state index is -0.276. The number of hydrogen-bond acceptors (Lipinski definition) is 5. The minimum Gasteiger partial charge on any atom is -0.437 e. The number of fused-ring (bicyclic) bond motifs is 1. The lowest BCUT2D eigenvalue weighted by molar-refractivity contribution is -0.107. The third-order valence-corrected chi connectivity index (χ3v) is 5.15. The number of carbonyl (C=O) groups excluding carboxylic acids is 1. The molecule has 0 bridgehead atoms. The summed E-state index contributed by atoms with van der Waals surface area (Å²) in [6.07, 6.45) is 5.02. The predicted molar refractivity (Wildman–Crippen MR) is 105 cm³/mol. The Labute approximate surface area is 156 Å². The van der Waals surface area contributed by atoms with Gasteiger partial charge in [-0.1, -0.05) is 11.9 Å². The first kappa shape index (κ1) is 18.5. The number of hydrogen-bond donors (Lipinski definition) is 0. The maximum atomic E-state index is 13.2. The Bertz CT molecular complexity index is 922. The summed E-state index contributed by atoms with van der Waals surface area (Å²) in [5.74, 6) is 1.27. The molecule has 4 nitrogen and oxygen atoms in total. The van der Waals surface area contributed by atoms with E-state index in [-0.39, 0.29) is 5.82 Å². The van der Waals surface area contributed by atoms with E-state index in [2.05, 4.69) is 6.07 Å². The number of benzene rings is 1. The molecule has 3 rings (SSSR count). The number of carbonyl (C=O) groups is 1. The first-order chi connectivity index (χ1) is 12.5. The lowest BCUT2D eigenvalue weighted by atomic mass is 10.0. The van der Waals surface area contributed by atoms with Crippen molar-refractivity contribution < 1.29 is 13.6 Å². The zero-order chi connectivity index (χ0) is 18.7. The summed E-state index contributed by atoms with van der Waals surface area (Å²) in [7, 11) is 1.96. The van der Waals surface area contributed by atoms with Crippen molar-refractivity contribution in [2.75, 3.05) is 17.6 Å². The Balaban J connectivity index is 2.10. The largest absolute Gasteiger partial charge is 0.437 e. The maximum Gasteiger partial charge on any atom is 0.228 e. The van der Waals surface area contributed by atoms with Crippen molar-refractivity contribution >= 4 is 35.2 Å². The van der Waals surface area contributed by atoms with E-state index >= 15 is 0 Å². The van der Waals surface area contributed by atoms with Crippen LogP contribution < -0.4 is 4.31 Å². The van der Waals surface area contributed by atoms with E-state index in [1.54, 1.807) is 24.1 Å². The highest BCUT2D eigenvalue weighted by Crippen LogP contribution is 2.35. The molecule has 0 radical (unpaired) electrons. The Morgan fingerprint density at radius 2 is 2.04 bits per heavy atom. The van der Waals surface area contributed by atoms with E-state index < -0.39 is 0 Å². The summed E-state index contributed by atoms with van der Waals surface area (Å²) in [5, 5.41) is 0.948. The topological polar surface area (TPSA) is 46.3 Å². The molecule has 2 aromatic heterocycles. The van der Waals surface area contributed by atoms with Crippen LogP contribution >= 0.6 is 11.9 Å². The fourth-order valence-corrected chi connectivity index (χ4v) is 3.30. The van der Waals surface area contributed by atoms with Crippen molar-refractivity contribution in [1.82, 2.24) is 4.98 Å². The monoisotopic (exact) mass is 372 g/mol. The lowest BCUT2D eigenvalue weighted by Crippen LogP contribution is -2.10. The smallest absolute Gasteiger partial charge is 0.228 e. The van der Waals surface area contributed by atoms with Crippen molar-refractivity contribution in [3.8, 4) is 11.3 Å². The first-order valence-corrected chi connectivity index (χ1v) is 9.63. The molecular weight excluding hydrogens is 351 g/mol. The number of aldehydes is 1. The molecule has 0 aliphatic carbocycles. The van der Waals surface area contributed by atoms with Crippen LogP contribution in [0.5, 0.6) is 0 Å². The molecule has 6 heteroatoms. The molecule has 0 spiro atoms. The SMILES string of the molecule is CSN(C)c1nc2oc(-c3ccc(F)cc3)c(C)c2cc1CCCC=O. The number of nitrogens with zero attached hydrogens (tertiary/aromatic N) is 2. The van der Waals surface area contributed by atoms with Crippen LogP contribution in [0.3, 0.4) is 0 Å². The van der Waals surface area contributed by atoms with Gasteiger partial charge < -0.3 is 13.5 Å². The molecule has 3 aromatic rings. The quantitative estimate of drug-likeness (QED) is 0.325. The van der Waals surface area contributed by atoms with Gasteiger partial charge in [0, 0.05) is 36.2 Å². The molecule has 0 N–H and O–H groups in total. The number of aryl methyl sites for hydroxylation is 2. The highest BCUT2D eigenvalue weighted by Gasteiger charge is 2.18. The Morgan fingerprint density at radius 1 is 1.31 bits per heavy atom. The zero-order valence-electron chi connectivity index (χ0n) is 15.1. The molecule has 0 unspecified atom stereocenters. The minimum absolute atomic E-state index is 0.276. The van der Waals surface area contributed by atoms with Crippen LogP contribution in [-0.4, -0.2) is 24.6 Å². The van der Waals surface area contributed by atoms with Gasteiger partial charge in [-0.25, -0.2) is 4.39 Å². The fourth-order valence-electron chi connectivity index (χ4n) is 2.97. The van der Waals surface area contributed by atoms with Crippen LogP contribution in [0.4, 0.5) is 10.2 Å². The van der Waals surface area contributed by atoms with E-state index in [1.807, 2.05) is 24.5 Å². The van der Waals surface area contributed by atoms with Gasteiger partial charge in [-0.05, 0) is 55.7 Å². The van der Waals surface area contributed by atoms with Crippen molar-refractivity contribution in [3.63, 3.8) is 0 Å². The number of furan rings is 1. The second-order valence-corrected chi connectivity index (χ2v) is 7.04. The van der Waals surface area contributed by atoms with E-state index in [1.165, 1.54) is 12.1 Å². The number of unbranched alkanes of at least 4 members (excludes halogenated alkanes) is 1. The van der Waals surface area contributed by atoms with E-state index in [9.17, 15) is 9.18 Å². The van der Waals surface area contributed by atoms with Gasteiger partial charge in [0.05, 0.1) is 0 Å². The van der Waals surface area contributed by atoms with Crippen molar-refractivity contribution in [2.24, 2.45) is 0 Å². The van der Waals surface area contributed by atoms with Crippen LogP contribution in [0.1, 0.15) is 24.0 Å². The van der Waals surface area contributed by atoms with Crippen molar-refractivity contribution in [3.05, 3.63) is 47.3 Å². The average molecular weight is 372 g/mol. The third kappa shape index (κ3) is 3.60. The molecule has 0 atom stereocenters. The number of rotatable bonds is 7. The molecule has 0 saturated heterocycles. The summed E-state index contributed by atoms with van der Waals surface area (Å²) in [6, 6.07) is 8.36. The summed E-state index contributed by atoms with van der Waals surface area (Å²) in [5.41, 5.74) is 3.46. The fraction of sp³-hybridized carbons (Fsp3) is 0.300. The molecular formula is C20H21FN2O2S. The van der Waals surface area contributed by atoms with Gasteiger partial charge in [0.25, 0.3) is 0 Å². The zero-order valence-corrected chi connectivity index (χ0v) is 15.9. The second-order valence-electron chi connectivity index (χ2n) is 6.13. The van der Waals surface area contributed by atoms with Crippen LogP contribution in [0.15, 0.2) is 34.7 Å². The Kier molecular flexibility index (Phi) is 5.61. The molecule has 0 aliphatic heterocycles. The standard InChI is InChI=1S/C20H21FN2O2S/c1-13-17-12-15(6-4-5-11-24)19(23(2)26-3)22-20(17)25-18(13)14-7-9-16(21)10-8-14/h7-12H,4-6H2,1-3H3. The molecule has 0 fully saturated rings. The number of pyridine rings is 1. The molecule has 0 saturated carbocycles. The Hall–Kier alpha value is -2.34. The summed E-state index contributed by atoms with van der Waals surface area (Å²) in [4.78, 5) is 15.4. The third-order valence-electron chi connectivity index (χ3n) is 4.43. The average Bonchev–Trinajstić information content (AvgIpc) is 2.97. The van der Waals surface area contributed by atoms with E-state index in [4.69, 9.17) is 9.40 Å². The molecule has 0 amide bonds. The molecule has 0 aliphatic rings. The van der Waals surface area contributed by atoms with Crippen molar-refractivity contribution in [1.29, 1.82) is 0 Å². The Morgan fingerprint density at radius 3 is 2.69 bits per heavy atom. The highest BCUT2D eigenvalue weighted by molar-refractivity contribution is 7.99. The number of halogens is 1. The van der Waals surface area contributed by atoms with Crippen molar-refractivity contribution in [2.45, 2.75) is 26.2 Å². The van der Waals surface area contributed by atoms with Gasteiger partial charge in [0.15, 0.2) is 0 Å². The maximum absolute atomic E-state index is 13.2. The van der Waals surface area contributed by atoms with Crippen LogP contribution in [0, 0.1) is 12.7 Å². The van der Waals surface area contributed by atoms with Gasteiger partial charge in [-0.3, -0.25) is 0 Å². The van der Waals surface area contributed by atoms with Crippen LogP contribution in [-0.2, 0) is 11.2 Å². The van der Waals surface area contributed by atoms with Gasteiger partial charge >= 0.3 is 0 Å². The molecule has 26 heavy (non-hydrogen) atoms. The highest BCUT2D eigenvalue weighted by atomic mass is 32.2. The van der Waals surface area contributed by atoms with Gasteiger partial charge in [0.1, 0.15) is 23.7 Å². The number of aromatic nitrogens is 1. The summed E-state index contributed by atoms with van der Waals surface area (Å²) < 4.78 is 21.2. The van der Waals surface area contributed by atoms with Gasteiger partial charge in [-0.2, -0.15) is 4.98 Å². The predicted octanol–water partition coefficient (Wildman–Crippen LogP) is 5.18.